The number of nitrogens with two attached hydrogens (primary N) is 1. The van der Waals surface area contributed by atoms with Gasteiger partial charge in [0, 0.05) is 43.2 Å². The molecule has 0 aliphatic carbocycles. The zero-order valence-corrected chi connectivity index (χ0v) is 17.7. The van der Waals surface area contributed by atoms with Gasteiger partial charge in [-0.1, -0.05) is 17.7 Å². The largest absolute Gasteiger partial charge is 0.352 e. The molecule has 3 rings (SSSR count). The third-order valence-electron chi connectivity index (χ3n) is 5.31. The monoisotopic (exact) mass is 431 g/mol. The number of nitrogens with one attached hydrogen (secondary N) is 1. The number of amides is 2. The SMILES string of the molecule is Cc1cnn(CCN2CCCC2=O)c(=O)c1CC(=O)NCc1cc(Cl)ccc1CN. The van der Waals surface area contributed by atoms with Crippen molar-refractivity contribution in [3.63, 3.8) is 0 Å². The summed E-state index contributed by atoms with van der Waals surface area (Å²) in [6.45, 7) is 3.84. The molecular formula is C21H26ClN5O3. The number of benzene rings is 1. The number of carbonyl (C=O) groups is 2. The van der Waals surface area contributed by atoms with Crippen LogP contribution >= 0.6 is 11.6 Å². The Kier molecular flexibility index (Phi) is 7.23. The van der Waals surface area contributed by atoms with Crippen molar-refractivity contribution in [1.29, 1.82) is 0 Å². The van der Waals surface area contributed by atoms with E-state index in [0.29, 0.717) is 48.7 Å². The van der Waals surface area contributed by atoms with E-state index in [4.69, 9.17) is 17.3 Å². The van der Waals surface area contributed by atoms with Crippen molar-refractivity contribution in [2.24, 2.45) is 5.73 Å². The molecule has 9 heteroatoms. The first-order chi connectivity index (χ1) is 14.4. The minimum absolute atomic E-state index is 0.0473. The van der Waals surface area contributed by atoms with E-state index < -0.39 is 0 Å². The summed E-state index contributed by atoms with van der Waals surface area (Å²) < 4.78 is 1.32. The second-order valence-corrected chi connectivity index (χ2v) is 7.83. The Hall–Kier alpha value is -2.71. The standard InChI is InChI=1S/C21H26ClN5O3/c1-14-12-25-27(8-7-26-6-2-3-20(26)29)21(30)18(14)10-19(28)24-13-16-9-17(22)5-4-15(16)11-23/h4-5,9,12H,2-3,6-8,10-11,13,23H2,1H3,(H,24,28). The highest BCUT2D eigenvalue weighted by atomic mass is 35.5. The Morgan fingerprint density at radius 2 is 2.07 bits per heavy atom. The molecule has 0 atom stereocenters. The molecule has 2 aromatic rings. The summed E-state index contributed by atoms with van der Waals surface area (Å²) in [5.74, 6) is -0.168. The zero-order valence-electron chi connectivity index (χ0n) is 17.0. The molecule has 1 aromatic carbocycles. The highest BCUT2D eigenvalue weighted by Gasteiger charge is 2.20. The van der Waals surface area contributed by atoms with Gasteiger partial charge in [0.1, 0.15) is 0 Å². The minimum atomic E-state index is -0.304. The van der Waals surface area contributed by atoms with E-state index in [1.807, 2.05) is 6.07 Å². The summed E-state index contributed by atoms with van der Waals surface area (Å²) in [4.78, 5) is 38.8. The number of aryl methyl sites for hydroxylation is 1. The Morgan fingerprint density at radius 3 is 2.77 bits per heavy atom. The molecule has 8 nitrogen and oxygen atoms in total. The van der Waals surface area contributed by atoms with Crippen molar-refractivity contribution in [1.82, 2.24) is 20.0 Å². The van der Waals surface area contributed by atoms with E-state index in [1.54, 1.807) is 30.2 Å². The molecule has 1 aromatic heterocycles. The van der Waals surface area contributed by atoms with Crippen LogP contribution in [0.15, 0.2) is 29.2 Å². The Morgan fingerprint density at radius 1 is 1.27 bits per heavy atom. The van der Waals surface area contributed by atoms with E-state index in [1.165, 1.54) is 4.68 Å². The second kappa shape index (κ2) is 9.86. The highest BCUT2D eigenvalue weighted by Crippen LogP contribution is 2.16. The average molecular weight is 432 g/mol. The Bertz CT molecular complexity index is 1000. The molecule has 30 heavy (non-hydrogen) atoms. The molecule has 1 aliphatic heterocycles. The summed E-state index contributed by atoms with van der Waals surface area (Å²) in [6, 6.07) is 5.36. The van der Waals surface area contributed by atoms with Gasteiger partial charge in [-0.15, -0.1) is 0 Å². The maximum atomic E-state index is 12.8. The van der Waals surface area contributed by atoms with Crippen molar-refractivity contribution in [2.45, 2.75) is 45.8 Å². The molecule has 3 N–H and O–H groups in total. The lowest BCUT2D eigenvalue weighted by atomic mass is 10.1. The fraction of sp³-hybridized carbons (Fsp3) is 0.429. The Labute approximate surface area is 180 Å². The number of carbonyl (C=O) groups excluding carboxylic acids is 2. The number of hydrogen-bond donors (Lipinski definition) is 2. The van der Waals surface area contributed by atoms with Crippen LogP contribution in [-0.4, -0.2) is 39.6 Å². The maximum absolute atomic E-state index is 12.8. The molecule has 160 valence electrons. The van der Waals surface area contributed by atoms with Gasteiger partial charge in [0.2, 0.25) is 11.8 Å². The summed E-state index contributed by atoms with van der Waals surface area (Å²) in [6.07, 6.45) is 2.94. The van der Waals surface area contributed by atoms with Crippen LogP contribution in [0, 0.1) is 6.92 Å². The zero-order chi connectivity index (χ0) is 21.7. The predicted molar refractivity (Wildman–Crippen MR) is 114 cm³/mol. The van der Waals surface area contributed by atoms with Crippen LogP contribution < -0.4 is 16.6 Å². The molecule has 0 saturated carbocycles. The fourth-order valence-corrected chi connectivity index (χ4v) is 3.71. The molecule has 1 aliphatic rings. The van der Waals surface area contributed by atoms with Gasteiger partial charge >= 0.3 is 0 Å². The maximum Gasteiger partial charge on any atom is 0.270 e. The van der Waals surface area contributed by atoms with Crippen molar-refractivity contribution >= 4 is 23.4 Å². The number of aromatic nitrogens is 2. The van der Waals surface area contributed by atoms with E-state index in [-0.39, 0.29) is 30.3 Å². The Balaban J connectivity index is 1.65. The van der Waals surface area contributed by atoms with Gasteiger partial charge in [-0.3, -0.25) is 14.4 Å². The van der Waals surface area contributed by atoms with Gasteiger partial charge in [0.05, 0.1) is 19.2 Å². The quantitative estimate of drug-likeness (QED) is 0.651. The first-order valence-electron chi connectivity index (χ1n) is 9.96. The van der Waals surface area contributed by atoms with Crippen molar-refractivity contribution < 1.29 is 9.59 Å². The number of likely N-dealkylation sites (tertiary alicyclic amines) is 1. The van der Waals surface area contributed by atoms with E-state index >= 15 is 0 Å². The van der Waals surface area contributed by atoms with Gasteiger partial charge in [-0.25, -0.2) is 4.68 Å². The molecule has 1 fully saturated rings. The van der Waals surface area contributed by atoms with Gasteiger partial charge in [-0.05, 0) is 42.2 Å². The van der Waals surface area contributed by atoms with Gasteiger partial charge in [0.15, 0.2) is 0 Å². The van der Waals surface area contributed by atoms with Crippen LogP contribution in [0.2, 0.25) is 5.02 Å². The van der Waals surface area contributed by atoms with Gasteiger partial charge in [0.25, 0.3) is 5.56 Å². The number of rotatable bonds is 8. The van der Waals surface area contributed by atoms with Crippen molar-refractivity contribution in [3.8, 4) is 0 Å². The number of halogens is 1. The highest BCUT2D eigenvalue weighted by molar-refractivity contribution is 6.30. The fourth-order valence-electron chi connectivity index (χ4n) is 3.52. The van der Waals surface area contributed by atoms with E-state index in [0.717, 1.165) is 17.5 Å². The molecule has 0 spiro atoms. The van der Waals surface area contributed by atoms with Crippen molar-refractivity contribution in [3.05, 3.63) is 62.0 Å². The van der Waals surface area contributed by atoms with Crippen LogP contribution in [0.3, 0.4) is 0 Å². The van der Waals surface area contributed by atoms with Crippen LogP contribution in [0.25, 0.3) is 0 Å². The van der Waals surface area contributed by atoms with E-state index in [9.17, 15) is 14.4 Å². The molecule has 1 saturated heterocycles. The molecular weight excluding hydrogens is 406 g/mol. The number of hydrogen-bond acceptors (Lipinski definition) is 5. The summed E-state index contributed by atoms with van der Waals surface area (Å²) >= 11 is 6.03. The normalized spacial score (nSPS) is 13.7. The molecule has 2 amide bonds. The van der Waals surface area contributed by atoms with Crippen molar-refractivity contribution in [2.75, 3.05) is 13.1 Å². The third kappa shape index (κ3) is 5.25. The van der Waals surface area contributed by atoms with Crippen LogP contribution in [0.1, 0.15) is 35.1 Å². The lowest BCUT2D eigenvalue weighted by Gasteiger charge is -2.16. The van der Waals surface area contributed by atoms with Gasteiger partial charge in [-0.2, -0.15) is 5.10 Å². The van der Waals surface area contributed by atoms with Crippen LogP contribution in [-0.2, 0) is 35.6 Å². The number of nitrogens with zero attached hydrogens (tertiary/aromatic N) is 3. The van der Waals surface area contributed by atoms with Crippen LogP contribution in [0.4, 0.5) is 0 Å². The molecule has 0 bridgehead atoms. The lowest BCUT2D eigenvalue weighted by molar-refractivity contribution is -0.127. The first kappa shape index (κ1) is 22.0. The molecule has 0 radical (unpaired) electrons. The second-order valence-electron chi connectivity index (χ2n) is 7.39. The van der Waals surface area contributed by atoms with Gasteiger partial charge < -0.3 is 16.0 Å². The first-order valence-corrected chi connectivity index (χ1v) is 10.3. The summed E-state index contributed by atoms with van der Waals surface area (Å²) in [5.41, 5.74) is 8.25. The minimum Gasteiger partial charge on any atom is -0.352 e. The molecule has 2 heterocycles. The van der Waals surface area contributed by atoms with Crippen LogP contribution in [0.5, 0.6) is 0 Å². The third-order valence-corrected chi connectivity index (χ3v) is 5.55. The summed E-state index contributed by atoms with van der Waals surface area (Å²) in [7, 11) is 0. The smallest absolute Gasteiger partial charge is 0.270 e. The summed E-state index contributed by atoms with van der Waals surface area (Å²) in [5, 5.41) is 7.57. The average Bonchev–Trinajstić information content (AvgIpc) is 3.14. The molecule has 0 unspecified atom stereocenters. The predicted octanol–water partition coefficient (Wildman–Crippen LogP) is 1.15. The lowest BCUT2D eigenvalue weighted by Crippen LogP contribution is -2.36. The topological polar surface area (TPSA) is 110 Å². The van der Waals surface area contributed by atoms with E-state index in [2.05, 4.69) is 10.4 Å².